The van der Waals surface area contributed by atoms with Gasteiger partial charge in [0.1, 0.15) is 0 Å². The Balaban J connectivity index is 1.38. The van der Waals surface area contributed by atoms with Crippen molar-refractivity contribution < 1.29 is 14.8 Å². The van der Waals surface area contributed by atoms with Crippen molar-refractivity contribution in [2.24, 2.45) is 0 Å². The average Bonchev–Trinajstić information content (AvgIpc) is 2.84. The van der Waals surface area contributed by atoms with Gasteiger partial charge in [0.15, 0.2) is 0 Å². The molecule has 2 amide bonds. The van der Waals surface area contributed by atoms with Crippen LogP contribution in [0.15, 0.2) is 78.9 Å². The van der Waals surface area contributed by atoms with Gasteiger partial charge in [0, 0.05) is 37.3 Å². The van der Waals surface area contributed by atoms with Crippen LogP contribution in [0.25, 0.3) is 11.1 Å². The second-order valence-electron chi connectivity index (χ2n) is 9.07. The van der Waals surface area contributed by atoms with E-state index >= 15 is 0 Å². The van der Waals surface area contributed by atoms with Gasteiger partial charge in [0.05, 0.1) is 6.42 Å². The Morgan fingerprint density at radius 3 is 2.15 bits per heavy atom. The monoisotopic (exact) mass is 457 g/mol. The van der Waals surface area contributed by atoms with E-state index in [-0.39, 0.29) is 18.0 Å². The molecule has 3 aromatic carbocycles. The third kappa shape index (κ3) is 5.53. The second kappa shape index (κ2) is 10.6. The molecule has 0 aromatic heterocycles. The minimum atomic E-state index is -0.518. The minimum absolute atomic E-state index is 0.105. The molecule has 1 saturated heterocycles. The first-order chi connectivity index (χ1) is 16.4. The van der Waals surface area contributed by atoms with Crippen molar-refractivity contribution in [2.75, 3.05) is 13.1 Å². The van der Waals surface area contributed by atoms with Crippen molar-refractivity contribution in [3.05, 3.63) is 95.6 Å². The Labute approximate surface area is 200 Å². The van der Waals surface area contributed by atoms with Crippen LogP contribution in [-0.4, -0.2) is 52.0 Å². The van der Waals surface area contributed by atoms with Crippen molar-refractivity contribution in [2.45, 2.75) is 38.9 Å². The first-order valence-electron chi connectivity index (χ1n) is 11.7. The Bertz CT molecular complexity index is 1120. The number of carbonyl (C=O) groups is 2. The number of nitrogens with zero attached hydrogens (tertiary/aromatic N) is 2. The third-order valence-electron chi connectivity index (χ3n) is 6.40. The molecule has 176 valence electrons. The summed E-state index contributed by atoms with van der Waals surface area (Å²) in [5.41, 5.74) is 6.46. The summed E-state index contributed by atoms with van der Waals surface area (Å²) >= 11 is 0. The van der Waals surface area contributed by atoms with Crippen LogP contribution in [0.3, 0.4) is 0 Å². The molecule has 1 heterocycles. The maximum absolute atomic E-state index is 13.3. The highest BCUT2D eigenvalue weighted by molar-refractivity contribution is 5.93. The van der Waals surface area contributed by atoms with E-state index in [0.29, 0.717) is 12.0 Å². The molecule has 0 unspecified atom stereocenters. The molecular weight excluding hydrogens is 426 g/mol. The highest BCUT2D eigenvalue weighted by Gasteiger charge is 2.32. The van der Waals surface area contributed by atoms with Crippen molar-refractivity contribution in [3.8, 4) is 11.1 Å². The molecule has 1 fully saturated rings. The lowest BCUT2D eigenvalue weighted by molar-refractivity contribution is -0.138. The summed E-state index contributed by atoms with van der Waals surface area (Å²) in [5.74, 6) is -0.362. The van der Waals surface area contributed by atoms with Gasteiger partial charge in [0.2, 0.25) is 5.91 Å². The lowest BCUT2D eigenvalue weighted by atomic mass is 10.00. The highest BCUT2D eigenvalue weighted by atomic mass is 16.5. The second-order valence-corrected chi connectivity index (χ2v) is 9.07. The van der Waals surface area contributed by atoms with Crippen molar-refractivity contribution in [1.29, 1.82) is 0 Å². The van der Waals surface area contributed by atoms with E-state index in [9.17, 15) is 9.59 Å². The zero-order valence-electron chi connectivity index (χ0n) is 19.6. The summed E-state index contributed by atoms with van der Waals surface area (Å²) in [4.78, 5) is 29.2. The van der Waals surface area contributed by atoms with Crippen LogP contribution in [-0.2, 0) is 17.8 Å². The van der Waals surface area contributed by atoms with E-state index < -0.39 is 5.91 Å². The first kappa shape index (κ1) is 23.7. The van der Waals surface area contributed by atoms with E-state index in [1.807, 2.05) is 47.4 Å². The maximum atomic E-state index is 13.3. The summed E-state index contributed by atoms with van der Waals surface area (Å²) < 4.78 is 0. The normalized spacial score (nSPS) is 18.5. The fourth-order valence-corrected chi connectivity index (χ4v) is 4.89. The number of hydrogen-bond acceptors (Lipinski definition) is 4. The molecule has 0 aliphatic carbocycles. The molecule has 4 rings (SSSR count). The van der Waals surface area contributed by atoms with Crippen LogP contribution >= 0.6 is 0 Å². The molecule has 6 heteroatoms. The largest absolute Gasteiger partial charge is 0.334 e. The van der Waals surface area contributed by atoms with Gasteiger partial charge < -0.3 is 4.90 Å². The fourth-order valence-electron chi connectivity index (χ4n) is 4.89. The lowest BCUT2D eigenvalue weighted by Crippen LogP contribution is -2.58. The van der Waals surface area contributed by atoms with Gasteiger partial charge in [-0.15, -0.1) is 0 Å². The Kier molecular flexibility index (Phi) is 7.40. The molecule has 1 aliphatic heterocycles. The lowest BCUT2D eigenvalue weighted by Gasteiger charge is -2.44. The number of rotatable bonds is 6. The minimum Gasteiger partial charge on any atom is -0.334 e. The van der Waals surface area contributed by atoms with E-state index in [2.05, 4.69) is 43.0 Å². The summed E-state index contributed by atoms with van der Waals surface area (Å²) in [5, 5.41) is 8.77. The highest BCUT2D eigenvalue weighted by Crippen LogP contribution is 2.23. The standard InChI is InChI=1S/C28H31N3O3/c1-20-17-30(19-22-11-13-25(14-12-22)28(33)29-34)18-21(2)31(20)27(32)16-23-7-6-10-26(15-23)24-8-4-3-5-9-24/h3-15,20-21,34H,16-19H2,1-2H3,(H,29,33)/t20-,21+. The molecule has 6 nitrogen and oxygen atoms in total. The number of amides is 2. The third-order valence-corrected chi connectivity index (χ3v) is 6.40. The first-order valence-corrected chi connectivity index (χ1v) is 11.7. The number of hydrogen-bond donors (Lipinski definition) is 2. The van der Waals surface area contributed by atoms with Crippen molar-refractivity contribution in [1.82, 2.24) is 15.3 Å². The van der Waals surface area contributed by atoms with Gasteiger partial charge in [-0.2, -0.15) is 0 Å². The SMILES string of the molecule is C[C@@H]1CN(Cc2ccc(C(=O)NO)cc2)C[C@H](C)N1C(=O)Cc1cccc(-c2ccccc2)c1. The molecule has 2 atom stereocenters. The Morgan fingerprint density at radius 1 is 0.853 bits per heavy atom. The van der Waals surface area contributed by atoms with Crippen LogP contribution in [0.4, 0.5) is 0 Å². The number of carbonyl (C=O) groups excluding carboxylic acids is 2. The molecular formula is C28H31N3O3. The van der Waals surface area contributed by atoms with E-state index in [0.717, 1.165) is 41.9 Å². The molecule has 34 heavy (non-hydrogen) atoms. The number of piperazine rings is 1. The number of hydroxylamine groups is 1. The molecule has 3 aromatic rings. The summed E-state index contributed by atoms with van der Waals surface area (Å²) in [6.45, 7) is 6.54. The predicted molar refractivity (Wildman–Crippen MR) is 132 cm³/mol. The molecule has 0 radical (unpaired) electrons. The van der Waals surface area contributed by atoms with Crippen LogP contribution < -0.4 is 5.48 Å². The smallest absolute Gasteiger partial charge is 0.274 e. The zero-order chi connectivity index (χ0) is 24.1. The maximum Gasteiger partial charge on any atom is 0.274 e. The quantitative estimate of drug-likeness (QED) is 0.431. The Morgan fingerprint density at radius 2 is 1.50 bits per heavy atom. The predicted octanol–water partition coefficient (Wildman–Crippen LogP) is 4.14. The van der Waals surface area contributed by atoms with Gasteiger partial charge in [0.25, 0.3) is 5.91 Å². The van der Waals surface area contributed by atoms with Gasteiger partial charge in [-0.05, 0) is 48.2 Å². The summed E-state index contributed by atoms with van der Waals surface area (Å²) in [6.07, 6.45) is 0.393. The topological polar surface area (TPSA) is 72.9 Å². The van der Waals surface area contributed by atoms with E-state index in [1.54, 1.807) is 17.6 Å². The molecule has 1 aliphatic rings. The molecule has 0 bridgehead atoms. The van der Waals surface area contributed by atoms with Crippen molar-refractivity contribution >= 4 is 11.8 Å². The number of benzene rings is 3. The average molecular weight is 458 g/mol. The van der Waals surface area contributed by atoms with Gasteiger partial charge >= 0.3 is 0 Å². The van der Waals surface area contributed by atoms with Crippen LogP contribution in [0, 0.1) is 0 Å². The van der Waals surface area contributed by atoms with Crippen molar-refractivity contribution in [3.63, 3.8) is 0 Å². The van der Waals surface area contributed by atoms with Crippen LogP contribution in [0.5, 0.6) is 0 Å². The molecule has 0 saturated carbocycles. The zero-order valence-corrected chi connectivity index (χ0v) is 19.6. The summed E-state index contributed by atoms with van der Waals surface area (Å²) in [7, 11) is 0. The van der Waals surface area contributed by atoms with Crippen LogP contribution in [0.2, 0.25) is 0 Å². The number of nitrogens with one attached hydrogen (secondary N) is 1. The fraction of sp³-hybridized carbons (Fsp3) is 0.286. The summed E-state index contributed by atoms with van der Waals surface area (Å²) in [6, 6.07) is 25.9. The van der Waals surface area contributed by atoms with E-state index in [4.69, 9.17) is 5.21 Å². The van der Waals surface area contributed by atoms with E-state index in [1.165, 1.54) is 0 Å². The van der Waals surface area contributed by atoms with Gasteiger partial charge in [-0.3, -0.25) is 19.7 Å². The van der Waals surface area contributed by atoms with Crippen LogP contribution in [0.1, 0.15) is 35.3 Å². The Hall–Kier alpha value is -3.48. The van der Waals surface area contributed by atoms with Gasteiger partial charge in [-0.25, -0.2) is 5.48 Å². The van der Waals surface area contributed by atoms with Gasteiger partial charge in [-0.1, -0.05) is 66.7 Å². The molecule has 0 spiro atoms. The molecule has 2 N–H and O–H groups in total.